The van der Waals surface area contributed by atoms with Crippen LogP contribution in [0.4, 0.5) is 0 Å². The number of carbonyl (C=O) groups excluding carboxylic acids is 1. The first-order chi connectivity index (χ1) is 15.1. The molecule has 0 heterocycles. The van der Waals surface area contributed by atoms with Gasteiger partial charge in [0.1, 0.15) is 0 Å². The maximum Gasteiger partial charge on any atom is 0.338 e. The van der Waals surface area contributed by atoms with Crippen molar-refractivity contribution in [1.82, 2.24) is 0 Å². The molecule has 0 amide bonds. The molecular weight excluding hydrogens is 388 g/mol. The quantitative estimate of drug-likeness (QED) is 0.147. The van der Waals surface area contributed by atoms with Crippen LogP contribution in [0, 0.1) is 0 Å². The van der Waals surface area contributed by atoms with E-state index >= 15 is 0 Å². The summed E-state index contributed by atoms with van der Waals surface area (Å²) in [5.41, 5.74) is 0.935. The van der Waals surface area contributed by atoms with Crippen LogP contribution in [0.15, 0.2) is 30.4 Å². The van der Waals surface area contributed by atoms with E-state index in [0.717, 1.165) is 12.8 Å². The molecule has 0 aromatic heterocycles. The van der Waals surface area contributed by atoms with Crippen LogP contribution in [0.5, 0.6) is 0 Å². The Labute approximate surface area is 189 Å². The van der Waals surface area contributed by atoms with E-state index in [0.29, 0.717) is 12.0 Å². The number of allylic oxidation sites excluding steroid dienone is 2. The number of carboxylic acid groups (broad SMARTS) is 1. The highest BCUT2D eigenvalue weighted by atomic mass is 16.5. The van der Waals surface area contributed by atoms with Gasteiger partial charge in [-0.05, 0) is 50.2 Å². The number of ether oxygens (including phenoxy) is 1. The lowest BCUT2D eigenvalue weighted by Gasteiger charge is -2.10. The van der Waals surface area contributed by atoms with E-state index in [1.165, 1.54) is 90.2 Å². The standard InChI is InChI=1S/C27H42O4/c1-3-4-5-6-7-8-9-10-11-12-13-14-15-16-17-18-20-23-21-19-22-24(27(30)31-2)25(23)26(28)29/h10-11,19,21-22H,3-9,12-18,20H2,1-2H3,(H,28,29)/b11-10-. The Balaban J connectivity index is 2.12. The van der Waals surface area contributed by atoms with Crippen molar-refractivity contribution in [2.45, 2.75) is 103 Å². The number of benzene rings is 1. The van der Waals surface area contributed by atoms with Crippen LogP contribution in [-0.4, -0.2) is 24.2 Å². The largest absolute Gasteiger partial charge is 0.478 e. The molecule has 0 fully saturated rings. The zero-order valence-corrected chi connectivity index (χ0v) is 19.7. The molecular formula is C27H42O4. The van der Waals surface area contributed by atoms with Crippen molar-refractivity contribution in [1.29, 1.82) is 0 Å². The molecule has 31 heavy (non-hydrogen) atoms. The Hall–Kier alpha value is -2.10. The minimum atomic E-state index is -1.07. The maximum atomic E-state index is 11.8. The first-order valence-corrected chi connectivity index (χ1v) is 12.2. The number of carboxylic acids is 1. The molecule has 0 aliphatic rings. The second-order valence-electron chi connectivity index (χ2n) is 8.32. The second kappa shape index (κ2) is 17.6. The summed E-state index contributed by atoms with van der Waals surface area (Å²) < 4.78 is 4.71. The number of methoxy groups -OCH3 is 1. The summed E-state index contributed by atoms with van der Waals surface area (Å²) in [6.07, 6.45) is 22.8. The molecule has 1 aromatic carbocycles. The Morgan fingerprint density at radius 1 is 0.839 bits per heavy atom. The predicted molar refractivity (Wildman–Crippen MR) is 128 cm³/mol. The molecule has 174 valence electrons. The zero-order chi connectivity index (χ0) is 22.7. The molecule has 0 radical (unpaired) electrons. The second-order valence-corrected chi connectivity index (χ2v) is 8.32. The van der Waals surface area contributed by atoms with Crippen LogP contribution in [0.2, 0.25) is 0 Å². The smallest absolute Gasteiger partial charge is 0.338 e. The molecule has 0 spiro atoms. The van der Waals surface area contributed by atoms with Gasteiger partial charge in [0.15, 0.2) is 0 Å². The van der Waals surface area contributed by atoms with Crippen molar-refractivity contribution in [3.05, 3.63) is 47.0 Å². The maximum absolute atomic E-state index is 11.8. The van der Waals surface area contributed by atoms with Gasteiger partial charge >= 0.3 is 11.9 Å². The number of rotatable bonds is 18. The third-order valence-electron chi connectivity index (χ3n) is 5.73. The van der Waals surface area contributed by atoms with E-state index in [1.54, 1.807) is 12.1 Å². The average Bonchev–Trinajstić information content (AvgIpc) is 2.77. The number of hydrogen-bond donors (Lipinski definition) is 1. The van der Waals surface area contributed by atoms with Crippen molar-refractivity contribution < 1.29 is 19.4 Å². The Morgan fingerprint density at radius 2 is 1.39 bits per heavy atom. The molecule has 4 heteroatoms. The fourth-order valence-corrected chi connectivity index (χ4v) is 3.90. The van der Waals surface area contributed by atoms with Gasteiger partial charge in [-0.3, -0.25) is 0 Å². The fourth-order valence-electron chi connectivity index (χ4n) is 3.90. The fraction of sp³-hybridized carbons (Fsp3) is 0.630. The molecule has 0 aliphatic carbocycles. The highest BCUT2D eigenvalue weighted by Gasteiger charge is 2.20. The molecule has 0 bridgehead atoms. The molecule has 1 rings (SSSR count). The Morgan fingerprint density at radius 3 is 1.94 bits per heavy atom. The van der Waals surface area contributed by atoms with Crippen molar-refractivity contribution in [2.24, 2.45) is 0 Å². The van der Waals surface area contributed by atoms with Gasteiger partial charge in [0.25, 0.3) is 0 Å². The average molecular weight is 431 g/mol. The molecule has 0 unspecified atom stereocenters. The van der Waals surface area contributed by atoms with Crippen LogP contribution in [0.1, 0.15) is 123 Å². The van der Waals surface area contributed by atoms with Gasteiger partial charge in [0.05, 0.1) is 18.2 Å². The first kappa shape index (κ1) is 26.9. The molecule has 0 saturated heterocycles. The molecule has 0 aliphatic heterocycles. The number of esters is 1. The summed E-state index contributed by atoms with van der Waals surface area (Å²) in [7, 11) is 1.27. The van der Waals surface area contributed by atoms with E-state index in [2.05, 4.69) is 19.1 Å². The van der Waals surface area contributed by atoms with Gasteiger partial charge in [0, 0.05) is 0 Å². The SMILES string of the molecule is CCCCCCCC/C=C\CCCCCCCCc1cccc(C(=O)OC)c1C(=O)O. The van der Waals surface area contributed by atoms with Gasteiger partial charge in [0.2, 0.25) is 0 Å². The summed E-state index contributed by atoms with van der Waals surface area (Å²) in [5.74, 6) is -1.67. The summed E-state index contributed by atoms with van der Waals surface area (Å²) in [6.45, 7) is 2.26. The zero-order valence-electron chi connectivity index (χ0n) is 19.7. The lowest BCUT2D eigenvalue weighted by Crippen LogP contribution is -2.13. The predicted octanol–water partition coefficient (Wildman–Crippen LogP) is 7.75. The minimum absolute atomic E-state index is 0.0853. The van der Waals surface area contributed by atoms with Gasteiger partial charge in [-0.15, -0.1) is 0 Å². The van der Waals surface area contributed by atoms with Crippen molar-refractivity contribution in [2.75, 3.05) is 7.11 Å². The molecule has 0 atom stereocenters. The van der Waals surface area contributed by atoms with E-state index < -0.39 is 11.9 Å². The summed E-state index contributed by atoms with van der Waals surface area (Å²) in [4.78, 5) is 23.4. The van der Waals surface area contributed by atoms with Crippen LogP contribution >= 0.6 is 0 Å². The Kier molecular flexibility index (Phi) is 15.3. The molecule has 1 aromatic rings. The number of carbonyl (C=O) groups is 2. The summed E-state index contributed by atoms with van der Waals surface area (Å²) in [5, 5.41) is 9.51. The third-order valence-corrected chi connectivity index (χ3v) is 5.73. The van der Waals surface area contributed by atoms with E-state index in [1.807, 2.05) is 0 Å². The van der Waals surface area contributed by atoms with Crippen LogP contribution in [0.25, 0.3) is 0 Å². The molecule has 0 saturated carbocycles. The van der Waals surface area contributed by atoms with E-state index in [-0.39, 0.29) is 11.1 Å². The van der Waals surface area contributed by atoms with Gasteiger partial charge in [-0.25, -0.2) is 9.59 Å². The number of aryl methyl sites for hydroxylation is 1. The van der Waals surface area contributed by atoms with Gasteiger partial charge in [-0.2, -0.15) is 0 Å². The van der Waals surface area contributed by atoms with Crippen molar-refractivity contribution in [3.8, 4) is 0 Å². The summed E-state index contributed by atoms with van der Waals surface area (Å²) in [6, 6.07) is 5.04. The molecule has 4 nitrogen and oxygen atoms in total. The first-order valence-electron chi connectivity index (χ1n) is 12.2. The molecule has 1 N–H and O–H groups in total. The van der Waals surface area contributed by atoms with Gasteiger partial charge < -0.3 is 9.84 Å². The normalized spacial score (nSPS) is 11.2. The van der Waals surface area contributed by atoms with Crippen molar-refractivity contribution in [3.63, 3.8) is 0 Å². The van der Waals surface area contributed by atoms with Crippen LogP contribution < -0.4 is 0 Å². The van der Waals surface area contributed by atoms with Crippen molar-refractivity contribution >= 4 is 11.9 Å². The number of hydrogen-bond acceptors (Lipinski definition) is 3. The van der Waals surface area contributed by atoms with E-state index in [4.69, 9.17) is 4.74 Å². The third kappa shape index (κ3) is 11.8. The Bertz CT molecular complexity index is 663. The van der Waals surface area contributed by atoms with Crippen LogP contribution in [0.3, 0.4) is 0 Å². The summed E-state index contributed by atoms with van der Waals surface area (Å²) >= 11 is 0. The van der Waals surface area contributed by atoms with E-state index in [9.17, 15) is 14.7 Å². The van der Waals surface area contributed by atoms with Crippen LogP contribution in [-0.2, 0) is 11.2 Å². The lowest BCUT2D eigenvalue weighted by atomic mass is 9.96. The number of aromatic carboxylic acids is 1. The monoisotopic (exact) mass is 430 g/mol. The lowest BCUT2D eigenvalue weighted by molar-refractivity contribution is 0.0582. The minimum Gasteiger partial charge on any atom is -0.478 e. The highest BCUT2D eigenvalue weighted by Crippen LogP contribution is 2.19. The highest BCUT2D eigenvalue weighted by molar-refractivity contribution is 6.03. The number of unbranched alkanes of at least 4 members (excludes halogenated alkanes) is 12. The topological polar surface area (TPSA) is 63.6 Å². The van der Waals surface area contributed by atoms with Gasteiger partial charge in [-0.1, -0.05) is 89.0 Å².